The van der Waals surface area contributed by atoms with E-state index in [-0.39, 0.29) is 12.1 Å². The summed E-state index contributed by atoms with van der Waals surface area (Å²) >= 11 is 5.83. The van der Waals surface area contributed by atoms with Crippen molar-refractivity contribution in [3.8, 4) is 5.75 Å². The third-order valence-corrected chi connectivity index (χ3v) is 3.46. The largest absolute Gasteiger partial charge is 0.489 e. The van der Waals surface area contributed by atoms with E-state index in [1.54, 1.807) is 48.6 Å². The first-order valence-corrected chi connectivity index (χ1v) is 7.72. The van der Waals surface area contributed by atoms with Gasteiger partial charge in [0.2, 0.25) is 0 Å². The van der Waals surface area contributed by atoms with Crippen LogP contribution in [0.3, 0.4) is 0 Å². The lowest BCUT2D eigenvalue weighted by Crippen LogP contribution is -2.41. The number of ether oxygens (including phenoxy) is 1. The molecule has 23 heavy (non-hydrogen) atoms. The zero-order valence-electron chi connectivity index (χ0n) is 13.2. The Morgan fingerprint density at radius 1 is 1.26 bits per heavy atom. The van der Waals surface area contributed by atoms with Gasteiger partial charge in [0, 0.05) is 31.0 Å². The molecule has 0 fully saturated rings. The minimum Gasteiger partial charge on any atom is -0.489 e. The lowest BCUT2D eigenvalue weighted by atomic mass is 10.2. The number of rotatable bonds is 6. The zero-order valence-corrected chi connectivity index (χ0v) is 14.0. The maximum atomic E-state index is 12.1. The zero-order chi connectivity index (χ0) is 16.7. The Morgan fingerprint density at radius 2 is 1.91 bits per heavy atom. The van der Waals surface area contributed by atoms with Crippen molar-refractivity contribution in [3.05, 3.63) is 59.4 Å². The van der Waals surface area contributed by atoms with Crippen LogP contribution >= 0.6 is 11.6 Å². The maximum absolute atomic E-state index is 12.1. The number of hydrogen-bond acceptors (Lipinski definition) is 3. The summed E-state index contributed by atoms with van der Waals surface area (Å²) in [6.45, 7) is 2.85. The second-order valence-electron chi connectivity index (χ2n) is 5.28. The van der Waals surface area contributed by atoms with Gasteiger partial charge in [0.05, 0.1) is 6.54 Å². The van der Waals surface area contributed by atoms with E-state index in [0.717, 1.165) is 11.3 Å². The van der Waals surface area contributed by atoms with E-state index in [4.69, 9.17) is 16.3 Å². The van der Waals surface area contributed by atoms with Gasteiger partial charge in [0.1, 0.15) is 11.9 Å². The van der Waals surface area contributed by atoms with E-state index in [1.165, 1.54) is 0 Å². The SMILES string of the molecule is CC(CNC(=O)N(C)Cc1ccncc1)Oc1ccc(Cl)cc1. The van der Waals surface area contributed by atoms with Crippen LogP contribution in [0.5, 0.6) is 5.75 Å². The van der Waals surface area contributed by atoms with Crippen LogP contribution in [0.15, 0.2) is 48.8 Å². The minimum atomic E-state index is -0.145. The number of carbonyl (C=O) groups is 1. The highest BCUT2D eigenvalue weighted by atomic mass is 35.5. The van der Waals surface area contributed by atoms with E-state index >= 15 is 0 Å². The molecule has 1 aromatic heterocycles. The van der Waals surface area contributed by atoms with E-state index < -0.39 is 0 Å². The van der Waals surface area contributed by atoms with Gasteiger partial charge in [-0.1, -0.05) is 11.6 Å². The number of aromatic nitrogens is 1. The highest BCUT2D eigenvalue weighted by Gasteiger charge is 2.11. The van der Waals surface area contributed by atoms with Crippen LogP contribution in [-0.2, 0) is 6.54 Å². The molecule has 1 atom stereocenters. The molecule has 0 saturated carbocycles. The molecule has 0 spiro atoms. The molecular weight excluding hydrogens is 314 g/mol. The first-order chi connectivity index (χ1) is 11.0. The normalized spacial score (nSPS) is 11.6. The number of nitrogens with zero attached hydrogens (tertiary/aromatic N) is 2. The number of hydrogen-bond donors (Lipinski definition) is 1. The van der Waals surface area contributed by atoms with Crippen molar-refractivity contribution >= 4 is 17.6 Å². The quantitative estimate of drug-likeness (QED) is 0.882. The van der Waals surface area contributed by atoms with Gasteiger partial charge >= 0.3 is 6.03 Å². The smallest absolute Gasteiger partial charge is 0.317 e. The Labute approximate surface area is 141 Å². The van der Waals surface area contributed by atoms with E-state index in [1.807, 2.05) is 19.1 Å². The van der Waals surface area contributed by atoms with Crippen molar-refractivity contribution in [3.63, 3.8) is 0 Å². The van der Waals surface area contributed by atoms with Crippen molar-refractivity contribution < 1.29 is 9.53 Å². The fraction of sp³-hybridized carbons (Fsp3) is 0.294. The molecule has 0 aliphatic heterocycles. The molecule has 2 amide bonds. The van der Waals surface area contributed by atoms with Crippen LogP contribution < -0.4 is 10.1 Å². The second-order valence-corrected chi connectivity index (χ2v) is 5.72. The number of halogens is 1. The summed E-state index contributed by atoms with van der Waals surface area (Å²) in [5, 5.41) is 3.52. The average Bonchev–Trinajstić information content (AvgIpc) is 2.55. The monoisotopic (exact) mass is 333 g/mol. The van der Waals surface area contributed by atoms with Gasteiger partial charge in [0.15, 0.2) is 0 Å². The van der Waals surface area contributed by atoms with Crippen LogP contribution in [0.25, 0.3) is 0 Å². The molecule has 0 radical (unpaired) electrons. The molecule has 2 aromatic rings. The molecule has 2 rings (SSSR count). The van der Waals surface area contributed by atoms with Gasteiger partial charge in [-0.2, -0.15) is 0 Å². The Kier molecular flexibility index (Phi) is 6.23. The fourth-order valence-electron chi connectivity index (χ4n) is 1.99. The predicted octanol–water partition coefficient (Wildman–Crippen LogP) is 3.34. The Hall–Kier alpha value is -2.27. The van der Waals surface area contributed by atoms with Crippen molar-refractivity contribution in [2.75, 3.05) is 13.6 Å². The van der Waals surface area contributed by atoms with Crippen LogP contribution in [0.1, 0.15) is 12.5 Å². The summed E-state index contributed by atoms with van der Waals surface area (Å²) in [6, 6.07) is 10.8. The van der Waals surface area contributed by atoms with Gasteiger partial charge in [0.25, 0.3) is 0 Å². The number of benzene rings is 1. The molecule has 1 aromatic carbocycles. The predicted molar refractivity (Wildman–Crippen MR) is 90.6 cm³/mol. The van der Waals surface area contributed by atoms with Crippen molar-refractivity contribution in [1.82, 2.24) is 15.2 Å². The van der Waals surface area contributed by atoms with Crippen LogP contribution in [0.4, 0.5) is 4.79 Å². The molecule has 0 aliphatic rings. The first kappa shape index (κ1) is 17.1. The lowest BCUT2D eigenvalue weighted by molar-refractivity contribution is 0.188. The maximum Gasteiger partial charge on any atom is 0.317 e. The molecule has 1 unspecified atom stereocenters. The van der Waals surface area contributed by atoms with Gasteiger partial charge in [-0.3, -0.25) is 4.98 Å². The van der Waals surface area contributed by atoms with Gasteiger partial charge in [-0.15, -0.1) is 0 Å². The van der Waals surface area contributed by atoms with Crippen LogP contribution in [0.2, 0.25) is 5.02 Å². The molecule has 0 saturated heterocycles. The standard InChI is InChI=1S/C17H20ClN3O2/c1-13(23-16-5-3-15(18)4-6-16)11-20-17(22)21(2)12-14-7-9-19-10-8-14/h3-10,13H,11-12H2,1-2H3,(H,20,22). The molecule has 5 nitrogen and oxygen atoms in total. The van der Waals surface area contributed by atoms with Gasteiger partial charge in [-0.05, 0) is 48.9 Å². The van der Waals surface area contributed by atoms with Crippen molar-refractivity contribution in [1.29, 1.82) is 0 Å². The number of amides is 2. The van der Waals surface area contributed by atoms with Gasteiger partial charge < -0.3 is 15.0 Å². The summed E-state index contributed by atoms with van der Waals surface area (Å²) in [6.07, 6.45) is 3.28. The first-order valence-electron chi connectivity index (χ1n) is 7.34. The summed E-state index contributed by atoms with van der Waals surface area (Å²) in [5.74, 6) is 0.723. The number of urea groups is 1. The van der Waals surface area contributed by atoms with Crippen molar-refractivity contribution in [2.24, 2.45) is 0 Å². The molecule has 0 aliphatic carbocycles. The van der Waals surface area contributed by atoms with E-state index in [2.05, 4.69) is 10.3 Å². The number of nitrogens with one attached hydrogen (secondary N) is 1. The summed E-state index contributed by atoms with van der Waals surface area (Å²) in [5.41, 5.74) is 1.03. The molecule has 1 N–H and O–H groups in total. The molecule has 0 bridgehead atoms. The highest BCUT2D eigenvalue weighted by Crippen LogP contribution is 2.16. The fourth-order valence-corrected chi connectivity index (χ4v) is 2.11. The van der Waals surface area contributed by atoms with Crippen LogP contribution in [0, 0.1) is 0 Å². The number of carbonyl (C=O) groups excluding carboxylic acids is 1. The molecule has 6 heteroatoms. The van der Waals surface area contributed by atoms with Gasteiger partial charge in [-0.25, -0.2) is 4.79 Å². The third-order valence-electron chi connectivity index (χ3n) is 3.21. The summed E-state index contributed by atoms with van der Waals surface area (Å²) < 4.78 is 5.72. The average molecular weight is 334 g/mol. The Morgan fingerprint density at radius 3 is 2.57 bits per heavy atom. The van der Waals surface area contributed by atoms with Crippen molar-refractivity contribution in [2.45, 2.75) is 19.6 Å². The minimum absolute atomic E-state index is 0.144. The van der Waals surface area contributed by atoms with E-state index in [9.17, 15) is 4.79 Å². The third kappa shape index (κ3) is 5.79. The van der Waals surface area contributed by atoms with Crippen LogP contribution in [-0.4, -0.2) is 35.6 Å². The summed E-state index contributed by atoms with van der Waals surface area (Å²) in [7, 11) is 1.75. The second kappa shape index (κ2) is 8.39. The summed E-state index contributed by atoms with van der Waals surface area (Å²) in [4.78, 5) is 17.6. The Bertz CT molecular complexity index is 619. The van der Waals surface area contributed by atoms with E-state index in [0.29, 0.717) is 18.1 Å². The highest BCUT2D eigenvalue weighted by molar-refractivity contribution is 6.30. The molecule has 122 valence electrons. The Balaban J connectivity index is 1.75. The topological polar surface area (TPSA) is 54.5 Å². The lowest BCUT2D eigenvalue weighted by Gasteiger charge is -2.20. The molecular formula is C17H20ClN3O2. The number of pyridine rings is 1. The molecule has 1 heterocycles.